The van der Waals surface area contributed by atoms with Gasteiger partial charge in [-0.05, 0) is 0 Å². The Morgan fingerprint density at radius 1 is 1.00 bits per heavy atom. The van der Waals surface area contributed by atoms with Crippen LogP contribution in [0.4, 0.5) is 0 Å². The van der Waals surface area contributed by atoms with Gasteiger partial charge in [-0.25, -0.2) is 0 Å². The van der Waals surface area contributed by atoms with Crippen LogP contribution in [0.2, 0.25) is 0 Å². The number of rotatable bonds is 0. The first-order valence-corrected chi connectivity index (χ1v) is 1.07. The van der Waals surface area contributed by atoms with Gasteiger partial charge in [0.15, 0.2) is 0 Å². The number of carbonyl (C=O) groups is 2. The van der Waals surface area contributed by atoms with Crippen molar-refractivity contribution in [2.75, 3.05) is 0 Å². The number of aliphatic carboxylic acids is 2. The quantitative estimate of drug-likeness (QED) is 0.289. The van der Waals surface area contributed by atoms with E-state index in [0.717, 1.165) is 0 Å². The molecular weight excluding hydrogens is 202 g/mol. The molecule has 0 N–H and O–H groups in total. The molecule has 0 aromatic rings. The second kappa shape index (κ2) is 7.82. The molecule has 0 radical (unpaired) electrons. The van der Waals surface area contributed by atoms with E-state index in [4.69, 9.17) is 19.8 Å². The van der Waals surface area contributed by atoms with Gasteiger partial charge in [-0.15, -0.1) is 0 Å². The Hall–Kier alpha value is 0.823. The molecule has 0 aromatic heterocycles. The van der Waals surface area contributed by atoms with Crippen molar-refractivity contribution in [1.82, 2.24) is 0 Å². The first kappa shape index (κ1) is 15.9. The molecule has 0 saturated heterocycles. The fourth-order valence-electron chi connectivity index (χ4n) is 0. The number of carboxylic acids is 2. The minimum atomic E-state index is -2.19. The van der Waals surface area contributed by atoms with Gasteiger partial charge in [-0.3, -0.25) is 0 Å². The molecule has 0 aliphatic carbocycles. The van der Waals surface area contributed by atoms with Gasteiger partial charge in [-0.1, -0.05) is 0 Å². The Morgan fingerprint density at radius 3 is 1.12 bits per heavy atom. The summed E-state index contributed by atoms with van der Waals surface area (Å²) in [5, 5.41) is 17.9. The molecule has 0 aliphatic rings. The average molecular weight is 202 g/mol. The number of hydrogen-bond donors (Lipinski definition) is 0. The van der Waals surface area contributed by atoms with Crippen LogP contribution in [0, 0.1) is 0 Å². The van der Waals surface area contributed by atoms with Gasteiger partial charge in [0.1, 0.15) is 0 Å². The zero-order valence-corrected chi connectivity index (χ0v) is 8.59. The van der Waals surface area contributed by atoms with E-state index < -0.39 is 11.9 Å². The first-order valence-electron chi connectivity index (χ1n) is 1.07. The Kier molecular flexibility index (Phi) is 15.6. The number of hydrogen-bond acceptors (Lipinski definition) is 4. The third-order valence-electron chi connectivity index (χ3n) is 0.167. The maximum absolute atomic E-state index is 8.93. The zero-order valence-electron chi connectivity index (χ0n) is 4.13. The maximum atomic E-state index is 8.93. The molecular formula is C2NaO4Zr+3. The van der Waals surface area contributed by atoms with Crippen molar-refractivity contribution in [2.45, 2.75) is 0 Å². The molecule has 0 unspecified atom stereocenters. The Morgan fingerprint density at radius 2 is 1.12 bits per heavy atom. The predicted molar refractivity (Wildman–Crippen MR) is 10.0 cm³/mol. The van der Waals surface area contributed by atoms with Gasteiger partial charge >= 0.3 is 55.8 Å². The van der Waals surface area contributed by atoms with Gasteiger partial charge in [0, 0.05) is 0 Å². The van der Waals surface area contributed by atoms with E-state index >= 15 is 0 Å². The molecule has 0 spiro atoms. The topological polar surface area (TPSA) is 80.3 Å². The summed E-state index contributed by atoms with van der Waals surface area (Å²) in [6.45, 7) is 0. The van der Waals surface area contributed by atoms with Crippen molar-refractivity contribution in [3.63, 3.8) is 0 Å². The van der Waals surface area contributed by atoms with Gasteiger partial charge in [0.25, 0.3) is 0 Å². The molecule has 0 aliphatic heterocycles. The monoisotopic (exact) mass is 201 g/mol. The predicted octanol–water partition coefficient (Wildman–Crippen LogP) is -6.51. The summed E-state index contributed by atoms with van der Waals surface area (Å²) in [5.41, 5.74) is 0. The van der Waals surface area contributed by atoms with Crippen LogP contribution in [0.3, 0.4) is 0 Å². The van der Waals surface area contributed by atoms with Crippen molar-refractivity contribution in [2.24, 2.45) is 0 Å². The molecule has 0 bridgehead atoms. The van der Waals surface area contributed by atoms with E-state index in [-0.39, 0.29) is 55.8 Å². The minimum absolute atomic E-state index is 0. The standard InChI is InChI=1S/C2H2O4.Na.Zr/c3-1(4)2(5)6;;/h(H,3,4)(H,5,6);;/q;+1;+4/p-2. The Balaban J connectivity index is -0.000000125. The summed E-state index contributed by atoms with van der Waals surface area (Å²) in [6.07, 6.45) is 0. The molecule has 0 amide bonds. The third-order valence-corrected chi connectivity index (χ3v) is 0.167. The molecule has 34 valence electrons. The molecule has 8 heavy (non-hydrogen) atoms. The van der Waals surface area contributed by atoms with Gasteiger partial charge in [-0.2, -0.15) is 0 Å². The van der Waals surface area contributed by atoms with E-state index in [1.807, 2.05) is 0 Å². The second-order valence-corrected chi connectivity index (χ2v) is 0.575. The minimum Gasteiger partial charge on any atom is -0.543 e. The average Bonchev–Trinajstić information content (AvgIpc) is 1.36. The van der Waals surface area contributed by atoms with E-state index in [0.29, 0.717) is 0 Å². The normalized spacial score (nSPS) is 5.50. The van der Waals surface area contributed by atoms with Crippen LogP contribution < -0.4 is 39.8 Å². The molecule has 6 heteroatoms. The fourth-order valence-corrected chi connectivity index (χ4v) is 0. The molecule has 4 nitrogen and oxygen atoms in total. The van der Waals surface area contributed by atoms with Crippen molar-refractivity contribution < 1.29 is 75.6 Å². The first-order chi connectivity index (χ1) is 2.64. The third kappa shape index (κ3) is 9.95. The Bertz CT molecular complexity index is 80.0. The van der Waals surface area contributed by atoms with Crippen molar-refractivity contribution in [1.29, 1.82) is 0 Å². The molecule has 0 fully saturated rings. The number of carbonyl (C=O) groups excluding carboxylic acids is 2. The van der Waals surface area contributed by atoms with Crippen molar-refractivity contribution >= 4 is 11.9 Å². The van der Waals surface area contributed by atoms with Gasteiger partial charge in [0.05, 0.1) is 11.9 Å². The summed E-state index contributed by atoms with van der Waals surface area (Å²) < 4.78 is 0. The molecule has 0 atom stereocenters. The van der Waals surface area contributed by atoms with Gasteiger partial charge in [0.2, 0.25) is 0 Å². The summed E-state index contributed by atoms with van der Waals surface area (Å²) in [7, 11) is 0. The Labute approximate surface area is 86.7 Å². The van der Waals surface area contributed by atoms with Gasteiger partial charge < -0.3 is 19.8 Å². The van der Waals surface area contributed by atoms with E-state index in [1.54, 1.807) is 0 Å². The largest absolute Gasteiger partial charge is 4.00 e. The van der Waals surface area contributed by atoms with E-state index in [2.05, 4.69) is 0 Å². The van der Waals surface area contributed by atoms with Crippen LogP contribution in [0.15, 0.2) is 0 Å². The fraction of sp³-hybridized carbons (Fsp3) is 0. The van der Waals surface area contributed by atoms with Crippen LogP contribution in [0.1, 0.15) is 0 Å². The smallest absolute Gasteiger partial charge is 0.543 e. The van der Waals surface area contributed by atoms with E-state index in [1.165, 1.54) is 0 Å². The van der Waals surface area contributed by atoms with Crippen molar-refractivity contribution in [3.8, 4) is 0 Å². The van der Waals surface area contributed by atoms with E-state index in [9.17, 15) is 0 Å². The summed E-state index contributed by atoms with van der Waals surface area (Å²) in [4.78, 5) is 17.9. The van der Waals surface area contributed by atoms with Crippen LogP contribution in [0.5, 0.6) is 0 Å². The second-order valence-electron chi connectivity index (χ2n) is 0.575. The van der Waals surface area contributed by atoms with Crippen LogP contribution in [-0.4, -0.2) is 11.9 Å². The zero-order chi connectivity index (χ0) is 5.15. The number of carboxylic acid groups (broad SMARTS) is 2. The summed E-state index contributed by atoms with van der Waals surface area (Å²) in [6, 6.07) is 0. The van der Waals surface area contributed by atoms with Crippen LogP contribution in [-0.2, 0) is 35.8 Å². The summed E-state index contributed by atoms with van der Waals surface area (Å²) >= 11 is 0. The summed E-state index contributed by atoms with van der Waals surface area (Å²) in [5.74, 6) is -4.37. The molecule has 0 aromatic carbocycles. The molecule has 0 heterocycles. The SMILES string of the molecule is O=C([O-])C(=O)[O-].[Na+].[Zr+4]. The van der Waals surface area contributed by atoms with Crippen LogP contribution in [0.25, 0.3) is 0 Å². The van der Waals surface area contributed by atoms with Crippen molar-refractivity contribution in [3.05, 3.63) is 0 Å². The maximum Gasteiger partial charge on any atom is 4.00 e. The molecule has 0 rings (SSSR count). The van der Waals surface area contributed by atoms with Crippen LogP contribution >= 0.6 is 0 Å². The molecule has 0 saturated carbocycles.